The highest BCUT2D eigenvalue weighted by molar-refractivity contribution is 6.32. The number of carbonyl (C=O) groups excluding carboxylic acids is 2. The Labute approximate surface area is 169 Å². The van der Waals surface area contributed by atoms with E-state index in [0.29, 0.717) is 27.6 Å². The predicted molar refractivity (Wildman–Crippen MR) is 109 cm³/mol. The molecule has 0 spiro atoms. The fourth-order valence-electron chi connectivity index (χ4n) is 2.51. The van der Waals surface area contributed by atoms with Crippen LogP contribution in [0.1, 0.15) is 31.0 Å². The fourth-order valence-corrected chi connectivity index (χ4v) is 2.78. The Hall–Kier alpha value is -2.99. The van der Waals surface area contributed by atoms with Gasteiger partial charge < -0.3 is 20.5 Å². The van der Waals surface area contributed by atoms with Crippen LogP contribution in [-0.4, -0.2) is 25.0 Å². The molecule has 28 heavy (non-hydrogen) atoms. The topological polar surface area (TPSA) is 90.6 Å². The van der Waals surface area contributed by atoms with Crippen molar-refractivity contribution in [3.63, 3.8) is 0 Å². The molecule has 2 rings (SSSR count). The second-order valence-electron chi connectivity index (χ2n) is 6.29. The van der Waals surface area contributed by atoms with Crippen LogP contribution in [0.5, 0.6) is 11.5 Å². The summed E-state index contributed by atoms with van der Waals surface area (Å²) >= 11 is 6.28. The van der Waals surface area contributed by atoms with Gasteiger partial charge in [-0.3, -0.25) is 9.59 Å². The van der Waals surface area contributed by atoms with E-state index >= 15 is 0 Å². The van der Waals surface area contributed by atoms with Crippen molar-refractivity contribution in [2.75, 3.05) is 7.11 Å². The van der Waals surface area contributed by atoms with E-state index in [1.165, 1.54) is 13.2 Å². The van der Waals surface area contributed by atoms with Crippen molar-refractivity contribution in [2.45, 2.75) is 26.0 Å². The molecule has 0 aliphatic carbocycles. The summed E-state index contributed by atoms with van der Waals surface area (Å²) in [5.41, 5.74) is 6.66. The molecular formula is C21H23ClN2O4. The minimum Gasteiger partial charge on any atom is -0.493 e. The lowest BCUT2D eigenvalue weighted by molar-refractivity contribution is -0.125. The van der Waals surface area contributed by atoms with Crippen molar-refractivity contribution < 1.29 is 19.1 Å². The second kappa shape index (κ2) is 9.80. The van der Waals surface area contributed by atoms with Crippen molar-refractivity contribution in [3.8, 4) is 11.5 Å². The number of hydrogen-bond acceptors (Lipinski definition) is 4. The molecule has 0 saturated carbocycles. The Morgan fingerprint density at radius 3 is 2.43 bits per heavy atom. The van der Waals surface area contributed by atoms with Gasteiger partial charge in [-0.1, -0.05) is 41.9 Å². The Balaban J connectivity index is 2.17. The van der Waals surface area contributed by atoms with E-state index in [1.54, 1.807) is 42.5 Å². The third kappa shape index (κ3) is 5.76. The molecule has 0 bridgehead atoms. The quantitative estimate of drug-likeness (QED) is 0.661. The van der Waals surface area contributed by atoms with Gasteiger partial charge >= 0.3 is 0 Å². The molecule has 0 aliphatic rings. The van der Waals surface area contributed by atoms with Crippen LogP contribution in [0.3, 0.4) is 0 Å². The van der Waals surface area contributed by atoms with Crippen molar-refractivity contribution in [1.82, 2.24) is 5.32 Å². The van der Waals surface area contributed by atoms with E-state index in [9.17, 15) is 9.59 Å². The average molecular weight is 403 g/mol. The van der Waals surface area contributed by atoms with Crippen LogP contribution in [0.4, 0.5) is 0 Å². The van der Waals surface area contributed by atoms with Crippen molar-refractivity contribution in [2.24, 2.45) is 5.73 Å². The number of ether oxygens (including phenoxy) is 2. The normalized spacial score (nSPS) is 12.0. The van der Waals surface area contributed by atoms with Crippen LogP contribution < -0.4 is 20.5 Å². The molecule has 3 N–H and O–H groups in total. The van der Waals surface area contributed by atoms with Gasteiger partial charge in [-0.2, -0.15) is 0 Å². The van der Waals surface area contributed by atoms with Crippen LogP contribution in [0.2, 0.25) is 5.02 Å². The second-order valence-corrected chi connectivity index (χ2v) is 6.70. The van der Waals surface area contributed by atoms with Gasteiger partial charge in [0.25, 0.3) is 0 Å². The van der Waals surface area contributed by atoms with Crippen molar-refractivity contribution in [3.05, 3.63) is 64.7 Å². The van der Waals surface area contributed by atoms with Gasteiger partial charge in [-0.15, -0.1) is 0 Å². The number of amides is 2. The molecule has 1 unspecified atom stereocenters. The van der Waals surface area contributed by atoms with Crippen LogP contribution in [0.25, 0.3) is 6.08 Å². The minimum absolute atomic E-state index is 0.0673. The zero-order chi connectivity index (χ0) is 20.7. The standard InChI is InChI=1S/C21H23ClN2O4/c1-13(2)28-20-16(22)11-14(12-17(20)27-3)9-10-18(25)24-19(21(23)26)15-7-5-4-6-8-15/h4-13,19H,1-3H3,(H2,23,26)(H,24,25)/b10-9+. The summed E-state index contributed by atoms with van der Waals surface area (Å²) in [5.74, 6) is -0.211. The molecule has 1 atom stereocenters. The largest absolute Gasteiger partial charge is 0.493 e. The van der Waals surface area contributed by atoms with Gasteiger partial charge in [-0.25, -0.2) is 0 Å². The van der Waals surface area contributed by atoms with Crippen LogP contribution in [0.15, 0.2) is 48.5 Å². The van der Waals surface area contributed by atoms with Gasteiger partial charge in [0.15, 0.2) is 11.5 Å². The lowest BCUT2D eigenvalue weighted by atomic mass is 10.1. The lowest BCUT2D eigenvalue weighted by Gasteiger charge is -2.16. The summed E-state index contributed by atoms with van der Waals surface area (Å²) in [6.45, 7) is 3.77. The number of nitrogens with one attached hydrogen (secondary N) is 1. The zero-order valence-corrected chi connectivity index (χ0v) is 16.7. The highest BCUT2D eigenvalue weighted by Crippen LogP contribution is 2.37. The number of primary amides is 1. The molecule has 7 heteroatoms. The molecule has 2 aromatic carbocycles. The predicted octanol–water partition coefficient (Wildman–Crippen LogP) is 3.49. The molecule has 0 fully saturated rings. The first-order valence-electron chi connectivity index (χ1n) is 8.68. The van der Waals surface area contributed by atoms with Crippen molar-refractivity contribution >= 4 is 29.5 Å². The number of hydrogen-bond donors (Lipinski definition) is 2. The zero-order valence-electron chi connectivity index (χ0n) is 15.9. The van der Waals surface area contributed by atoms with Crippen molar-refractivity contribution in [1.29, 1.82) is 0 Å². The molecular weight excluding hydrogens is 380 g/mol. The Bertz CT molecular complexity index is 866. The molecule has 2 amide bonds. The first-order valence-corrected chi connectivity index (χ1v) is 9.06. The lowest BCUT2D eigenvalue weighted by Crippen LogP contribution is -2.36. The smallest absolute Gasteiger partial charge is 0.244 e. The molecule has 6 nitrogen and oxygen atoms in total. The maximum absolute atomic E-state index is 12.3. The Morgan fingerprint density at radius 1 is 1.18 bits per heavy atom. The number of rotatable bonds is 8. The number of methoxy groups -OCH3 is 1. The number of carbonyl (C=O) groups is 2. The summed E-state index contributed by atoms with van der Waals surface area (Å²) in [5, 5.41) is 2.96. The highest BCUT2D eigenvalue weighted by Gasteiger charge is 2.19. The van der Waals surface area contributed by atoms with E-state index in [4.69, 9.17) is 26.8 Å². The average Bonchev–Trinajstić information content (AvgIpc) is 2.66. The van der Waals surface area contributed by atoms with Gasteiger partial charge in [0.1, 0.15) is 6.04 Å². The SMILES string of the molecule is COc1cc(/C=C/C(=O)NC(C(N)=O)c2ccccc2)cc(Cl)c1OC(C)C. The van der Waals surface area contributed by atoms with E-state index in [2.05, 4.69) is 5.32 Å². The molecule has 2 aromatic rings. The van der Waals surface area contributed by atoms with Gasteiger partial charge in [0.2, 0.25) is 11.8 Å². The maximum atomic E-state index is 12.3. The number of nitrogens with two attached hydrogens (primary N) is 1. The number of benzene rings is 2. The summed E-state index contributed by atoms with van der Waals surface area (Å²) in [6.07, 6.45) is 2.79. The number of halogens is 1. The van der Waals surface area contributed by atoms with Gasteiger partial charge in [-0.05, 0) is 43.2 Å². The molecule has 0 heterocycles. The van der Waals surface area contributed by atoms with Crippen LogP contribution >= 0.6 is 11.6 Å². The van der Waals surface area contributed by atoms with E-state index in [0.717, 1.165) is 0 Å². The van der Waals surface area contributed by atoms with Crippen LogP contribution in [0, 0.1) is 0 Å². The first-order chi connectivity index (χ1) is 13.3. The maximum Gasteiger partial charge on any atom is 0.244 e. The summed E-state index contributed by atoms with van der Waals surface area (Å²) in [4.78, 5) is 24.0. The monoisotopic (exact) mass is 402 g/mol. The third-order valence-electron chi connectivity index (χ3n) is 3.74. The van der Waals surface area contributed by atoms with E-state index in [-0.39, 0.29) is 6.10 Å². The fraction of sp³-hybridized carbons (Fsp3) is 0.238. The molecule has 0 aromatic heterocycles. The Kier molecular flexibility index (Phi) is 7.46. The van der Waals surface area contributed by atoms with Crippen LogP contribution in [-0.2, 0) is 9.59 Å². The summed E-state index contributed by atoms with van der Waals surface area (Å²) < 4.78 is 11.0. The molecule has 0 saturated heterocycles. The van der Waals surface area contributed by atoms with E-state index in [1.807, 2.05) is 19.9 Å². The molecule has 148 valence electrons. The van der Waals surface area contributed by atoms with E-state index < -0.39 is 17.9 Å². The van der Waals surface area contributed by atoms with Gasteiger partial charge in [0, 0.05) is 6.08 Å². The first kappa shape index (κ1) is 21.3. The molecule has 0 aliphatic heterocycles. The summed E-state index contributed by atoms with van der Waals surface area (Å²) in [7, 11) is 1.51. The highest BCUT2D eigenvalue weighted by atomic mass is 35.5. The summed E-state index contributed by atoms with van der Waals surface area (Å²) in [6, 6.07) is 11.2. The third-order valence-corrected chi connectivity index (χ3v) is 4.02. The molecule has 0 radical (unpaired) electrons. The van der Waals surface area contributed by atoms with Gasteiger partial charge in [0.05, 0.1) is 18.2 Å². The Morgan fingerprint density at radius 2 is 1.86 bits per heavy atom. The minimum atomic E-state index is -0.918.